The molecule has 158 valence electrons. The summed E-state index contributed by atoms with van der Waals surface area (Å²) in [7, 11) is 0. The van der Waals surface area contributed by atoms with Crippen molar-refractivity contribution in [2.45, 2.75) is 26.9 Å². The molecule has 7 heteroatoms. The number of thiazole rings is 1. The average Bonchev–Trinajstić information content (AvgIpc) is 3.32. The summed E-state index contributed by atoms with van der Waals surface area (Å²) in [5, 5.41) is 9.73. The number of rotatable bonds is 7. The summed E-state index contributed by atoms with van der Waals surface area (Å²) in [5.41, 5.74) is 3.71. The fraction of sp³-hybridized carbons (Fsp3) is 0.167. The predicted molar refractivity (Wildman–Crippen MR) is 121 cm³/mol. The normalized spacial score (nSPS) is 11.6. The lowest BCUT2D eigenvalue weighted by Gasteiger charge is -2.08. The molecular formula is C24H22N2O4S. The summed E-state index contributed by atoms with van der Waals surface area (Å²) in [6, 6.07) is 17.5. The number of nitrogens with one attached hydrogen (secondary N) is 1. The smallest absolute Gasteiger partial charge is 0.307 e. The van der Waals surface area contributed by atoms with Gasteiger partial charge in [-0.2, -0.15) is 0 Å². The fourth-order valence-electron chi connectivity index (χ4n) is 3.10. The van der Waals surface area contributed by atoms with Crippen LogP contribution in [0.15, 0.2) is 69.9 Å². The first-order valence-corrected chi connectivity index (χ1v) is 10.6. The highest BCUT2D eigenvalue weighted by Gasteiger charge is 2.12. The summed E-state index contributed by atoms with van der Waals surface area (Å²) >= 11 is 1.02. The van der Waals surface area contributed by atoms with E-state index in [1.807, 2.05) is 74.5 Å². The van der Waals surface area contributed by atoms with Crippen molar-refractivity contribution >= 4 is 16.9 Å². The zero-order valence-corrected chi connectivity index (χ0v) is 18.0. The second kappa shape index (κ2) is 9.06. The van der Waals surface area contributed by atoms with Crippen molar-refractivity contribution in [1.29, 1.82) is 0 Å². The second-order valence-corrected chi connectivity index (χ2v) is 8.15. The van der Waals surface area contributed by atoms with Crippen LogP contribution in [0.3, 0.4) is 0 Å². The van der Waals surface area contributed by atoms with E-state index < -0.39 is 0 Å². The summed E-state index contributed by atoms with van der Waals surface area (Å²) in [5.74, 6) is 1.98. The van der Waals surface area contributed by atoms with E-state index >= 15 is 0 Å². The highest BCUT2D eigenvalue weighted by atomic mass is 32.1. The van der Waals surface area contributed by atoms with Gasteiger partial charge in [0.2, 0.25) is 11.8 Å². The topological polar surface area (TPSA) is 88.4 Å². The molecule has 0 aliphatic rings. The molecule has 0 radical (unpaired) electrons. The van der Waals surface area contributed by atoms with Crippen molar-refractivity contribution in [1.82, 2.24) is 9.97 Å². The number of hydrogen-bond acceptors (Lipinski definition) is 6. The first kappa shape index (κ1) is 20.7. The molecule has 0 unspecified atom stereocenters. The van der Waals surface area contributed by atoms with E-state index in [2.05, 4.69) is 9.97 Å². The van der Waals surface area contributed by atoms with Crippen LogP contribution < -0.4 is 9.61 Å². The number of allylic oxidation sites excluding steroid dienone is 2. The van der Waals surface area contributed by atoms with Gasteiger partial charge in [-0.1, -0.05) is 47.7 Å². The molecule has 2 N–H and O–H groups in total. The standard InChI is InChI=1S/C24H22N2O4S/c1-15(11-12-21-22(27)26-24(28)31-21)18-9-6-10-19(13-18)29-14-20-16(2)30-23(25-20)17-7-4-3-5-8-17/h3-11,13,27H,12,14H2,1-2H3,(H,26,28). The fourth-order valence-corrected chi connectivity index (χ4v) is 3.79. The van der Waals surface area contributed by atoms with Crippen molar-refractivity contribution in [3.8, 4) is 23.1 Å². The SMILES string of the molecule is CC(=CCc1sc(=O)[nH]c1O)c1cccc(OCc2nc(-c3ccccc3)oc2C)c1. The Bertz CT molecular complexity index is 1270. The third-order valence-electron chi connectivity index (χ3n) is 4.87. The molecule has 4 aromatic rings. The number of aromatic nitrogens is 2. The number of oxazole rings is 1. The number of aromatic hydroxyl groups is 1. The van der Waals surface area contributed by atoms with Gasteiger partial charge in [0.1, 0.15) is 23.8 Å². The Labute approximate surface area is 183 Å². The summed E-state index contributed by atoms with van der Waals surface area (Å²) in [6.45, 7) is 4.17. The van der Waals surface area contributed by atoms with Crippen LogP contribution in [0.5, 0.6) is 11.6 Å². The highest BCUT2D eigenvalue weighted by Crippen LogP contribution is 2.25. The van der Waals surface area contributed by atoms with Gasteiger partial charge in [0.25, 0.3) is 0 Å². The van der Waals surface area contributed by atoms with Crippen molar-refractivity contribution in [3.05, 3.63) is 92.2 Å². The summed E-state index contributed by atoms with van der Waals surface area (Å²) in [6.07, 6.45) is 2.46. The monoisotopic (exact) mass is 434 g/mol. The van der Waals surface area contributed by atoms with E-state index in [1.54, 1.807) is 0 Å². The molecule has 0 saturated carbocycles. The van der Waals surface area contributed by atoms with Gasteiger partial charge in [-0.15, -0.1) is 0 Å². The number of aryl methyl sites for hydroxylation is 1. The van der Waals surface area contributed by atoms with Crippen LogP contribution >= 0.6 is 11.3 Å². The zero-order valence-electron chi connectivity index (χ0n) is 17.2. The van der Waals surface area contributed by atoms with Gasteiger partial charge in [0, 0.05) is 12.0 Å². The lowest BCUT2D eigenvalue weighted by molar-refractivity contribution is 0.299. The third kappa shape index (κ3) is 4.95. The van der Waals surface area contributed by atoms with Crippen LogP contribution in [-0.4, -0.2) is 15.1 Å². The zero-order chi connectivity index (χ0) is 21.8. The van der Waals surface area contributed by atoms with Gasteiger partial charge in [-0.3, -0.25) is 9.78 Å². The molecule has 0 atom stereocenters. The van der Waals surface area contributed by atoms with Gasteiger partial charge in [0.05, 0.1) is 4.88 Å². The molecule has 0 aliphatic carbocycles. The third-order valence-corrected chi connectivity index (χ3v) is 5.77. The Morgan fingerprint density at radius 2 is 2.03 bits per heavy atom. The number of hydrogen-bond donors (Lipinski definition) is 2. The van der Waals surface area contributed by atoms with Crippen LogP contribution in [0.1, 0.15) is 28.8 Å². The average molecular weight is 435 g/mol. The second-order valence-electron chi connectivity index (χ2n) is 7.08. The molecule has 4 rings (SSSR count). The Kier molecular flexibility index (Phi) is 6.04. The lowest BCUT2D eigenvalue weighted by atomic mass is 10.1. The Morgan fingerprint density at radius 1 is 1.23 bits per heavy atom. The van der Waals surface area contributed by atoms with Crippen LogP contribution in [0.2, 0.25) is 0 Å². The number of nitrogens with zero attached hydrogens (tertiary/aromatic N) is 1. The number of H-pyrrole nitrogens is 1. The first-order chi connectivity index (χ1) is 15.0. The largest absolute Gasteiger partial charge is 0.494 e. The van der Waals surface area contributed by atoms with Crippen LogP contribution in [0.4, 0.5) is 0 Å². The molecule has 2 heterocycles. The molecule has 6 nitrogen and oxygen atoms in total. The molecule has 0 bridgehead atoms. The number of aromatic amines is 1. The molecule has 0 fully saturated rings. The number of benzene rings is 2. The maximum atomic E-state index is 11.3. The van der Waals surface area contributed by atoms with Gasteiger partial charge < -0.3 is 14.3 Å². The molecule has 0 amide bonds. The summed E-state index contributed by atoms with van der Waals surface area (Å²) in [4.78, 5) is 18.6. The molecule has 2 aromatic carbocycles. The van der Waals surface area contributed by atoms with E-state index in [9.17, 15) is 9.90 Å². The first-order valence-electron chi connectivity index (χ1n) is 9.82. The van der Waals surface area contributed by atoms with Gasteiger partial charge in [-0.25, -0.2) is 4.98 Å². The molecule has 2 aromatic heterocycles. The Morgan fingerprint density at radius 3 is 2.77 bits per heavy atom. The maximum absolute atomic E-state index is 11.3. The van der Waals surface area contributed by atoms with E-state index in [-0.39, 0.29) is 10.8 Å². The Hall–Kier alpha value is -3.58. The van der Waals surface area contributed by atoms with Crippen LogP contribution in [-0.2, 0) is 13.0 Å². The van der Waals surface area contributed by atoms with Crippen LogP contribution in [0, 0.1) is 6.92 Å². The van der Waals surface area contributed by atoms with Crippen molar-refractivity contribution in [3.63, 3.8) is 0 Å². The van der Waals surface area contributed by atoms with Crippen molar-refractivity contribution in [2.24, 2.45) is 0 Å². The minimum Gasteiger partial charge on any atom is -0.494 e. The van der Waals surface area contributed by atoms with E-state index in [1.165, 1.54) is 0 Å². The quantitative estimate of drug-likeness (QED) is 0.410. The van der Waals surface area contributed by atoms with Crippen molar-refractivity contribution in [2.75, 3.05) is 0 Å². The van der Waals surface area contributed by atoms with E-state index in [0.29, 0.717) is 23.8 Å². The minimum atomic E-state index is -0.257. The van der Waals surface area contributed by atoms with Gasteiger partial charge in [0.15, 0.2) is 0 Å². The van der Waals surface area contributed by atoms with Gasteiger partial charge >= 0.3 is 4.87 Å². The Balaban J connectivity index is 1.44. The predicted octanol–water partition coefficient (Wildman–Crippen LogP) is 5.33. The highest BCUT2D eigenvalue weighted by molar-refractivity contribution is 7.09. The van der Waals surface area contributed by atoms with E-state index in [0.717, 1.165) is 45.2 Å². The number of ether oxygens (including phenoxy) is 1. The molecular weight excluding hydrogens is 412 g/mol. The molecule has 0 saturated heterocycles. The van der Waals surface area contributed by atoms with Crippen molar-refractivity contribution < 1.29 is 14.3 Å². The molecule has 31 heavy (non-hydrogen) atoms. The van der Waals surface area contributed by atoms with E-state index in [4.69, 9.17) is 9.15 Å². The van der Waals surface area contributed by atoms with Gasteiger partial charge in [-0.05, 0) is 49.2 Å². The lowest BCUT2D eigenvalue weighted by Crippen LogP contribution is -1.98. The maximum Gasteiger partial charge on any atom is 0.307 e. The molecule has 0 spiro atoms. The molecule has 0 aliphatic heterocycles. The minimum absolute atomic E-state index is 0.0611. The summed E-state index contributed by atoms with van der Waals surface area (Å²) < 4.78 is 11.8. The van der Waals surface area contributed by atoms with Crippen LogP contribution in [0.25, 0.3) is 17.0 Å².